The van der Waals surface area contributed by atoms with Crippen molar-refractivity contribution >= 4 is 104 Å². The van der Waals surface area contributed by atoms with Gasteiger partial charge in [-0.25, -0.2) is 21.8 Å². The largest absolute Gasteiger partial charge is 1.00 e. The Labute approximate surface area is 475 Å². The van der Waals surface area contributed by atoms with Crippen LogP contribution < -0.4 is 160 Å². The molecule has 35 heteroatoms. The van der Waals surface area contributed by atoms with Gasteiger partial charge in [-0.15, -0.1) is 0 Å². The van der Waals surface area contributed by atoms with E-state index in [4.69, 9.17) is 14.6 Å². The molecule has 2 aromatic carbocycles. The molecule has 0 spiro atoms. The predicted molar refractivity (Wildman–Crippen MR) is 216 cm³/mol. The van der Waals surface area contributed by atoms with Crippen molar-refractivity contribution < 1.29 is 188 Å². The summed E-state index contributed by atoms with van der Waals surface area (Å²) in [4.78, 5) is 28.7. The van der Waals surface area contributed by atoms with Crippen LogP contribution >= 0.6 is 24.1 Å². The molecule has 27 nitrogen and oxygen atoms in total. The molecule has 2 heterocycles. The molecular weight excluding hydrogens is 1000 g/mol. The van der Waals surface area contributed by atoms with Crippen molar-refractivity contribution in [1.29, 1.82) is 0 Å². The first kappa shape index (κ1) is 65.0. The Kier molecular flexibility index (Phi) is 34.7. The van der Waals surface area contributed by atoms with E-state index in [-0.39, 0.29) is 215 Å². The number of aliphatic hydroxyl groups excluding tert-OH is 1. The molecule has 0 saturated heterocycles. The van der Waals surface area contributed by atoms with E-state index in [1.165, 1.54) is 42.6 Å². The van der Waals surface area contributed by atoms with Crippen LogP contribution in [0, 0.1) is 0 Å². The minimum atomic E-state index is -5.10. The smallest absolute Gasteiger partial charge is 0.748 e. The minimum Gasteiger partial charge on any atom is -0.748 e. The van der Waals surface area contributed by atoms with Gasteiger partial charge in [-0.1, -0.05) is 24.3 Å². The Morgan fingerprint density at radius 1 is 0.742 bits per heavy atom. The van der Waals surface area contributed by atoms with Crippen LogP contribution in [-0.2, 0) is 43.7 Å². The SMILES string of the molecule is CNCCOc1nc(NCCS(=O)(=O)[O-])nc(Nc2ccc(C=Cc3ccc(Nc4nc(/N=C\CSOO[O-])nc(NCCOCCO)n4)cc3S(=O)(=O)[O-])c(SOO[O-])c2)n1.[Na+].[Na+].[Na+].[Na+]. The quantitative estimate of drug-likeness (QED) is 0.00430. The van der Waals surface area contributed by atoms with E-state index >= 15 is 0 Å². The number of aliphatic hydroxyl groups is 1. The van der Waals surface area contributed by atoms with Gasteiger partial charge in [0.05, 0.1) is 58.4 Å². The van der Waals surface area contributed by atoms with Gasteiger partial charge in [0.1, 0.15) is 16.7 Å². The van der Waals surface area contributed by atoms with Gasteiger partial charge in [-0.2, -0.15) is 38.6 Å². The molecule has 4 aromatic rings. The number of rotatable bonds is 29. The number of aliphatic imine (C=N–C) groups is 1. The summed E-state index contributed by atoms with van der Waals surface area (Å²) < 4.78 is 90.2. The molecule has 0 unspecified atom stereocenters. The molecule has 0 saturated carbocycles. The van der Waals surface area contributed by atoms with Crippen molar-refractivity contribution in [3.63, 3.8) is 0 Å². The van der Waals surface area contributed by atoms with Gasteiger partial charge >= 0.3 is 124 Å². The van der Waals surface area contributed by atoms with E-state index in [0.29, 0.717) is 41.9 Å². The average Bonchev–Trinajstić information content (AvgIpc) is 3.22. The molecule has 0 aliphatic carbocycles. The predicted octanol–water partition coefficient (Wildman–Crippen LogP) is -12.6. The molecule has 0 aliphatic rings. The summed E-state index contributed by atoms with van der Waals surface area (Å²) in [6.07, 6.45) is 4.08. The average molecular weight is 1040 g/mol. The molecule has 0 amide bonds. The van der Waals surface area contributed by atoms with Crippen molar-refractivity contribution in [3.8, 4) is 6.01 Å². The summed E-state index contributed by atoms with van der Waals surface area (Å²) in [6, 6.07) is 8.28. The molecule has 0 fully saturated rings. The maximum atomic E-state index is 12.5. The van der Waals surface area contributed by atoms with Crippen LogP contribution in [0.2, 0.25) is 0 Å². The van der Waals surface area contributed by atoms with E-state index in [2.05, 4.69) is 80.2 Å². The number of likely N-dealkylation sites (N-methyl/N-ethyl adjacent to an activating group) is 1. The van der Waals surface area contributed by atoms with Crippen molar-refractivity contribution in [1.82, 2.24) is 35.2 Å². The van der Waals surface area contributed by atoms with E-state index < -0.39 is 30.9 Å². The van der Waals surface area contributed by atoms with E-state index in [1.54, 1.807) is 13.1 Å². The Hall–Kier alpha value is -0.970. The Bertz CT molecular complexity index is 2360. The maximum Gasteiger partial charge on any atom is 1.00 e. The number of nitrogens with zero attached hydrogens (tertiary/aromatic N) is 7. The number of anilines is 6. The second-order valence-electron chi connectivity index (χ2n) is 11.4. The zero-order valence-electron chi connectivity index (χ0n) is 36.0. The van der Waals surface area contributed by atoms with Gasteiger partial charge in [0.25, 0.3) is 5.95 Å². The maximum absolute atomic E-state index is 12.5. The standard InChI is InChI=1S/C31H40N12O15S4.4Na/c1-32-8-14-54-31-42-28(35-11-17-61(47,48)49)41-30(43-31)36-22-6-4-20(24(18-22)60-58-56-46)2-3-21-5-7-23(19-25(21)62(50,51)52)37-29-39-26(33-9-13-53-15-12-44)38-27(40-29)34-10-16-59-57-55-45;;;;/h2-7,10,18-19,32,44-46H,8-9,11-17H2,1H3,(H,47,48,49)(H,50,51,52)(H2,33,37,38,39,40)(H2,35,36,41,42,43);;;;/q;4*+1/p-4/b3-2?,34-10-;;;;. The Balaban J connectivity index is 0.0000106. The molecule has 6 N–H and O–H groups in total. The molecule has 0 atom stereocenters. The number of nitrogens with one attached hydrogen (secondary N) is 5. The van der Waals surface area contributed by atoms with Gasteiger partial charge in [0, 0.05) is 54.2 Å². The fourth-order valence-corrected chi connectivity index (χ4v) is 6.31. The van der Waals surface area contributed by atoms with Crippen LogP contribution in [0.1, 0.15) is 11.1 Å². The molecule has 0 radical (unpaired) electrons. The summed E-state index contributed by atoms with van der Waals surface area (Å²) in [5.74, 6) is -1.02. The van der Waals surface area contributed by atoms with Crippen LogP contribution in [0.3, 0.4) is 0 Å². The van der Waals surface area contributed by atoms with Gasteiger partial charge in [0.2, 0.25) is 23.8 Å². The zero-order valence-corrected chi connectivity index (χ0v) is 47.3. The van der Waals surface area contributed by atoms with Crippen molar-refractivity contribution in [2.75, 3.05) is 85.9 Å². The van der Waals surface area contributed by atoms with E-state index in [1.807, 2.05) is 0 Å². The first-order chi connectivity index (χ1) is 29.8. The molecule has 0 bridgehead atoms. The van der Waals surface area contributed by atoms with E-state index in [9.17, 15) is 36.5 Å². The summed E-state index contributed by atoms with van der Waals surface area (Å²) in [5.41, 5.74) is 0.730. The Morgan fingerprint density at radius 3 is 2.00 bits per heavy atom. The third-order valence-electron chi connectivity index (χ3n) is 7.05. The monoisotopic (exact) mass is 1040 g/mol. The normalized spacial score (nSPS) is 11.2. The third kappa shape index (κ3) is 25.2. The molecule has 66 heavy (non-hydrogen) atoms. The van der Waals surface area contributed by atoms with Crippen LogP contribution in [0.15, 0.2) is 51.2 Å². The first-order valence-corrected chi connectivity index (χ1v) is 22.0. The number of ether oxygens (including phenoxy) is 2. The van der Waals surface area contributed by atoms with Crippen LogP contribution in [0.25, 0.3) is 12.2 Å². The number of benzene rings is 2. The fourth-order valence-electron chi connectivity index (χ4n) is 4.52. The van der Waals surface area contributed by atoms with Crippen molar-refractivity contribution in [2.45, 2.75) is 9.79 Å². The van der Waals surface area contributed by atoms with Crippen LogP contribution in [0.4, 0.5) is 41.1 Å². The van der Waals surface area contributed by atoms with Gasteiger partial charge in [0.15, 0.2) is 0 Å². The Morgan fingerprint density at radius 2 is 1.35 bits per heavy atom. The third-order valence-corrected chi connectivity index (χ3v) is 9.74. The minimum absolute atomic E-state index is 0. The van der Waals surface area contributed by atoms with Crippen molar-refractivity contribution in [3.05, 3.63) is 47.5 Å². The van der Waals surface area contributed by atoms with Crippen molar-refractivity contribution in [2.24, 2.45) is 4.99 Å². The topological polar surface area (TPSA) is 386 Å². The summed E-state index contributed by atoms with van der Waals surface area (Å²) >= 11 is 1.14. The molecule has 2 aromatic heterocycles. The molecule has 4 rings (SSSR count). The fraction of sp³-hybridized carbons (Fsp3) is 0.323. The summed E-state index contributed by atoms with van der Waals surface area (Å²) in [5, 5.41) is 50.6. The second-order valence-corrected chi connectivity index (χ2v) is 15.8. The van der Waals surface area contributed by atoms with Gasteiger partial charge in [-0.3, -0.25) is 10.1 Å². The summed E-state index contributed by atoms with van der Waals surface area (Å²) in [7, 11) is -7.92. The first-order valence-electron chi connectivity index (χ1n) is 17.4. The van der Waals surface area contributed by atoms with Crippen LogP contribution in [0.5, 0.6) is 6.01 Å². The molecule has 338 valence electrons. The molecular formula is C31H36N12Na4O15S4. The number of hydrogen-bond acceptors (Lipinski definition) is 29. The zero-order chi connectivity index (χ0) is 44.8. The van der Waals surface area contributed by atoms with Gasteiger partial charge in [-0.05, 0) is 42.4 Å². The van der Waals surface area contributed by atoms with Crippen LogP contribution in [-0.4, -0.2) is 132 Å². The second kappa shape index (κ2) is 35.2. The van der Waals surface area contributed by atoms with E-state index in [0.717, 1.165) is 6.07 Å². The molecule has 0 aliphatic heterocycles. The number of hydrogen-bond donors (Lipinski definition) is 6. The summed E-state index contributed by atoms with van der Waals surface area (Å²) in [6.45, 7) is 0.659. The number of aromatic nitrogens is 6. The van der Waals surface area contributed by atoms with Gasteiger partial charge < -0.3 is 60.8 Å².